The summed E-state index contributed by atoms with van der Waals surface area (Å²) in [6.07, 6.45) is 0.733. The van der Waals surface area contributed by atoms with E-state index in [-0.39, 0.29) is 5.56 Å². The molecule has 0 radical (unpaired) electrons. The molecule has 0 aliphatic heterocycles. The van der Waals surface area contributed by atoms with Crippen LogP contribution in [0.25, 0.3) is 0 Å². The predicted octanol–water partition coefficient (Wildman–Crippen LogP) is 2.20. The monoisotopic (exact) mass is 297 g/mol. The Hall–Kier alpha value is -2.02. The van der Waals surface area contributed by atoms with Crippen LogP contribution in [0.15, 0.2) is 18.2 Å². The molecule has 1 aromatic carbocycles. The van der Waals surface area contributed by atoms with E-state index in [2.05, 4.69) is 24.1 Å². The van der Waals surface area contributed by atoms with Gasteiger partial charge in [-0.2, -0.15) is 0 Å². The third-order valence-electron chi connectivity index (χ3n) is 3.23. The van der Waals surface area contributed by atoms with E-state index in [1.54, 1.807) is 0 Å². The minimum absolute atomic E-state index is 0.247. The van der Waals surface area contributed by atoms with E-state index in [0.717, 1.165) is 44.3 Å². The fourth-order valence-electron chi connectivity index (χ4n) is 1.99. The summed E-state index contributed by atoms with van der Waals surface area (Å²) in [5.74, 6) is -1.30. The van der Waals surface area contributed by atoms with E-state index >= 15 is 0 Å². The van der Waals surface area contributed by atoms with E-state index in [0.29, 0.717) is 6.54 Å². The Bertz CT molecular complexity index is 504. The first-order valence-electron chi connectivity index (χ1n) is 6.94. The van der Waals surface area contributed by atoms with Gasteiger partial charge in [-0.15, -0.1) is 0 Å². The summed E-state index contributed by atoms with van der Waals surface area (Å²) >= 11 is 0. The van der Waals surface area contributed by atoms with Gasteiger partial charge in [-0.05, 0) is 38.2 Å². The number of benzene rings is 1. The van der Waals surface area contributed by atoms with Gasteiger partial charge in [0.15, 0.2) is 0 Å². The van der Waals surface area contributed by atoms with Gasteiger partial charge >= 0.3 is 0 Å². The number of nitrogens with zero attached hydrogens (tertiary/aromatic N) is 2. The van der Waals surface area contributed by atoms with Crippen LogP contribution in [0.4, 0.5) is 10.1 Å². The Balaban J connectivity index is 2.60. The van der Waals surface area contributed by atoms with E-state index in [9.17, 15) is 19.3 Å². The minimum atomic E-state index is -0.690. The lowest BCUT2D eigenvalue weighted by Gasteiger charge is -2.17. The largest absolute Gasteiger partial charge is 0.352 e. The van der Waals surface area contributed by atoms with Crippen molar-refractivity contribution in [3.8, 4) is 0 Å². The topological polar surface area (TPSA) is 75.5 Å². The molecule has 0 unspecified atom stereocenters. The van der Waals surface area contributed by atoms with Crippen molar-refractivity contribution in [2.75, 3.05) is 26.2 Å². The van der Waals surface area contributed by atoms with Crippen LogP contribution in [0, 0.1) is 15.9 Å². The number of amides is 1. The zero-order valence-electron chi connectivity index (χ0n) is 12.3. The molecule has 0 saturated heterocycles. The highest BCUT2D eigenvalue weighted by molar-refractivity contribution is 5.98. The summed E-state index contributed by atoms with van der Waals surface area (Å²) in [4.78, 5) is 24.3. The molecule has 21 heavy (non-hydrogen) atoms. The summed E-state index contributed by atoms with van der Waals surface area (Å²) in [6, 6.07) is 2.85. The SMILES string of the molecule is CCN(CC)CCCNC(=O)c1cc(F)ccc1[N+](=O)[O-]. The van der Waals surface area contributed by atoms with Gasteiger partial charge in [0.1, 0.15) is 11.4 Å². The van der Waals surface area contributed by atoms with Crippen molar-refractivity contribution in [2.45, 2.75) is 20.3 Å². The van der Waals surface area contributed by atoms with Crippen LogP contribution in [0.2, 0.25) is 0 Å². The molecule has 0 saturated carbocycles. The Morgan fingerprint density at radius 2 is 2.05 bits per heavy atom. The van der Waals surface area contributed by atoms with Crippen LogP contribution in [0.3, 0.4) is 0 Å². The molecule has 1 rings (SSSR count). The number of nitro benzene ring substituents is 1. The van der Waals surface area contributed by atoms with Gasteiger partial charge in [-0.3, -0.25) is 14.9 Å². The van der Waals surface area contributed by atoms with Crippen molar-refractivity contribution in [3.63, 3.8) is 0 Å². The second-order valence-corrected chi connectivity index (χ2v) is 4.55. The first kappa shape index (κ1) is 17.0. The molecule has 0 aliphatic rings. The smallest absolute Gasteiger partial charge is 0.282 e. The van der Waals surface area contributed by atoms with Crippen LogP contribution in [-0.4, -0.2) is 41.9 Å². The average Bonchev–Trinajstić information content (AvgIpc) is 2.46. The molecule has 116 valence electrons. The lowest BCUT2D eigenvalue weighted by molar-refractivity contribution is -0.385. The summed E-state index contributed by atoms with van der Waals surface area (Å²) < 4.78 is 13.1. The first-order chi connectivity index (χ1) is 9.99. The van der Waals surface area contributed by atoms with E-state index in [1.165, 1.54) is 0 Å². The number of hydrogen-bond donors (Lipinski definition) is 1. The molecule has 0 spiro atoms. The highest BCUT2D eigenvalue weighted by Gasteiger charge is 2.20. The highest BCUT2D eigenvalue weighted by atomic mass is 19.1. The summed E-state index contributed by atoms with van der Waals surface area (Å²) in [5, 5.41) is 13.4. The van der Waals surface area contributed by atoms with Gasteiger partial charge in [0, 0.05) is 12.6 Å². The molecular formula is C14H20FN3O3. The van der Waals surface area contributed by atoms with Crippen molar-refractivity contribution < 1.29 is 14.1 Å². The minimum Gasteiger partial charge on any atom is -0.352 e. The van der Waals surface area contributed by atoms with Gasteiger partial charge in [-0.1, -0.05) is 13.8 Å². The van der Waals surface area contributed by atoms with Crippen LogP contribution >= 0.6 is 0 Å². The third-order valence-corrected chi connectivity index (χ3v) is 3.23. The van der Waals surface area contributed by atoms with E-state index in [4.69, 9.17) is 0 Å². The Kier molecular flexibility index (Phi) is 6.74. The molecule has 0 aliphatic carbocycles. The molecule has 0 fully saturated rings. The Labute approximate surface area is 123 Å². The van der Waals surface area contributed by atoms with Gasteiger partial charge in [-0.25, -0.2) is 4.39 Å². The van der Waals surface area contributed by atoms with Crippen molar-refractivity contribution in [3.05, 3.63) is 39.7 Å². The number of carbonyl (C=O) groups is 1. The van der Waals surface area contributed by atoms with Gasteiger partial charge < -0.3 is 10.2 Å². The zero-order chi connectivity index (χ0) is 15.8. The first-order valence-corrected chi connectivity index (χ1v) is 6.94. The number of rotatable bonds is 8. The van der Waals surface area contributed by atoms with Gasteiger partial charge in [0.05, 0.1) is 4.92 Å². The van der Waals surface area contributed by atoms with Crippen molar-refractivity contribution in [1.29, 1.82) is 0 Å². The molecule has 1 N–H and O–H groups in total. The van der Waals surface area contributed by atoms with Crippen LogP contribution < -0.4 is 5.32 Å². The molecule has 7 heteroatoms. The van der Waals surface area contributed by atoms with Crippen molar-refractivity contribution >= 4 is 11.6 Å². The quantitative estimate of drug-likeness (QED) is 0.453. The maximum atomic E-state index is 13.1. The molecular weight excluding hydrogens is 277 g/mol. The van der Waals surface area contributed by atoms with E-state index < -0.39 is 22.3 Å². The fraction of sp³-hybridized carbons (Fsp3) is 0.500. The predicted molar refractivity (Wildman–Crippen MR) is 77.8 cm³/mol. The highest BCUT2D eigenvalue weighted by Crippen LogP contribution is 2.19. The number of carbonyl (C=O) groups excluding carboxylic acids is 1. The average molecular weight is 297 g/mol. The number of nitro groups is 1. The molecule has 0 heterocycles. The number of nitrogens with one attached hydrogen (secondary N) is 1. The number of halogens is 1. The normalized spacial score (nSPS) is 10.7. The molecule has 1 aromatic rings. The van der Waals surface area contributed by atoms with Gasteiger partial charge in [0.25, 0.3) is 11.6 Å². The second-order valence-electron chi connectivity index (χ2n) is 4.55. The maximum absolute atomic E-state index is 13.1. The summed E-state index contributed by atoms with van der Waals surface area (Å²) in [5.41, 5.74) is -0.638. The number of hydrogen-bond acceptors (Lipinski definition) is 4. The zero-order valence-corrected chi connectivity index (χ0v) is 12.3. The van der Waals surface area contributed by atoms with Crippen molar-refractivity contribution in [1.82, 2.24) is 10.2 Å². The van der Waals surface area contributed by atoms with Crippen molar-refractivity contribution in [2.24, 2.45) is 0 Å². The lowest BCUT2D eigenvalue weighted by Crippen LogP contribution is -2.30. The maximum Gasteiger partial charge on any atom is 0.282 e. The molecule has 6 nitrogen and oxygen atoms in total. The van der Waals surface area contributed by atoms with Gasteiger partial charge in [0.2, 0.25) is 0 Å². The van der Waals surface area contributed by atoms with Crippen LogP contribution in [0.1, 0.15) is 30.6 Å². The third kappa shape index (κ3) is 5.11. The lowest BCUT2D eigenvalue weighted by atomic mass is 10.1. The molecule has 0 bridgehead atoms. The standard InChI is InChI=1S/C14H20FN3O3/c1-3-17(4-2)9-5-8-16-14(19)12-10-11(15)6-7-13(12)18(20)21/h6-7,10H,3-5,8-9H2,1-2H3,(H,16,19). The fourth-order valence-corrected chi connectivity index (χ4v) is 1.99. The molecule has 1 amide bonds. The molecule has 0 atom stereocenters. The second kappa shape index (κ2) is 8.31. The molecule has 0 aromatic heterocycles. The van der Waals surface area contributed by atoms with E-state index in [1.807, 2.05) is 0 Å². The van der Waals surface area contributed by atoms with Crippen LogP contribution in [0.5, 0.6) is 0 Å². The van der Waals surface area contributed by atoms with Crippen LogP contribution in [-0.2, 0) is 0 Å². The summed E-state index contributed by atoms with van der Waals surface area (Å²) in [6.45, 7) is 7.19. The Morgan fingerprint density at radius 3 is 2.62 bits per heavy atom. The Morgan fingerprint density at radius 1 is 1.38 bits per heavy atom. The summed E-state index contributed by atoms with van der Waals surface area (Å²) in [7, 11) is 0.